The number of benzene rings is 1. The molecule has 0 amide bonds. The first-order chi connectivity index (χ1) is 12.6. The van der Waals surface area contributed by atoms with E-state index in [-0.39, 0.29) is 11.5 Å². The van der Waals surface area contributed by atoms with Crippen LogP contribution < -0.4 is 0 Å². The molecule has 4 nitrogen and oxygen atoms in total. The molecule has 0 fully saturated rings. The van der Waals surface area contributed by atoms with Gasteiger partial charge in [0.1, 0.15) is 11.1 Å². The lowest BCUT2D eigenvalue weighted by molar-refractivity contribution is 0.102. The van der Waals surface area contributed by atoms with Crippen LogP contribution in [0.2, 0.25) is 0 Å². The number of H-pyrrole nitrogens is 1. The fourth-order valence-electron chi connectivity index (χ4n) is 3.82. The maximum Gasteiger partial charge on any atom is 0.175 e. The minimum absolute atomic E-state index is 0.0637. The summed E-state index contributed by atoms with van der Waals surface area (Å²) >= 11 is 1.38. The van der Waals surface area contributed by atoms with Crippen molar-refractivity contribution in [1.29, 1.82) is 5.26 Å². The van der Waals surface area contributed by atoms with E-state index >= 15 is 0 Å². The van der Waals surface area contributed by atoms with E-state index in [4.69, 9.17) is 4.98 Å². The SMILES string of the molecule is Cc1[nH]c2ccccc2c1C(=O)CSc1nc2c(c(C)c1C#N)CCC2. The first kappa shape index (κ1) is 16.9. The minimum Gasteiger partial charge on any atom is -0.358 e. The van der Waals surface area contributed by atoms with Crippen LogP contribution in [-0.4, -0.2) is 21.5 Å². The van der Waals surface area contributed by atoms with Gasteiger partial charge in [-0.2, -0.15) is 5.26 Å². The maximum absolute atomic E-state index is 12.9. The molecular weight excluding hydrogens is 342 g/mol. The number of pyridine rings is 1. The molecule has 0 unspecified atom stereocenters. The Kier molecular flexibility index (Phi) is 4.29. The van der Waals surface area contributed by atoms with Gasteiger partial charge in [0.15, 0.2) is 5.78 Å². The summed E-state index contributed by atoms with van der Waals surface area (Å²) in [6.45, 7) is 3.93. The molecule has 2 aromatic heterocycles. The number of rotatable bonds is 4. The van der Waals surface area contributed by atoms with Crippen LogP contribution in [0.25, 0.3) is 10.9 Å². The second-order valence-corrected chi connectivity index (χ2v) is 7.65. The van der Waals surface area contributed by atoms with Crippen molar-refractivity contribution in [3.63, 3.8) is 0 Å². The fraction of sp³-hybridized carbons (Fsp3) is 0.286. The molecule has 1 aliphatic rings. The molecule has 0 saturated heterocycles. The predicted molar refractivity (Wildman–Crippen MR) is 104 cm³/mol. The van der Waals surface area contributed by atoms with Gasteiger partial charge >= 0.3 is 0 Å². The predicted octanol–water partition coefficient (Wildman–Crippen LogP) is 4.52. The minimum atomic E-state index is 0.0637. The van der Waals surface area contributed by atoms with Crippen LogP contribution >= 0.6 is 11.8 Å². The normalized spacial score (nSPS) is 13.0. The van der Waals surface area contributed by atoms with Gasteiger partial charge in [-0.25, -0.2) is 4.98 Å². The van der Waals surface area contributed by atoms with E-state index in [1.807, 2.05) is 38.1 Å². The highest BCUT2D eigenvalue weighted by atomic mass is 32.2. The number of hydrogen-bond acceptors (Lipinski definition) is 4. The van der Waals surface area contributed by atoms with Crippen LogP contribution in [0.3, 0.4) is 0 Å². The van der Waals surface area contributed by atoms with Crippen molar-refractivity contribution in [1.82, 2.24) is 9.97 Å². The van der Waals surface area contributed by atoms with Gasteiger partial charge in [0.05, 0.1) is 11.3 Å². The summed E-state index contributed by atoms with van der Waals surface area (Å²) in [6.07, 6.45) is 3.06. The number of Topliss-reactive ketones (excluding diaryl/α,β-unsaturated/α-hetero) is 1. The van der Waals surface area contributed by atoms with Crippen molar-refractivity contribution in [2.24, 2.45) is 0 Å². The molecule has 130 valence electrons. The molecule has 1 aromatic carbocycles. The van der Waals surface area contributed by atoms with Crippen molar-refractivity contribution in [3.8, 4) is 6.07 Å². The molecule has 0 spiro atoms. The zero-order valence-corrected chi connectivity index (χ0v) is 15.7. The van der Waals surface area contributed by atoms with E-state index in [0.717, 1.165) is 52.7 Å². The Hall–Kier alpha value is -2.58. The van der Waals surface area contributed by atoms with E-state index in [2.05, 4.69) is 11.1 Å². The topological polar surface area (TPSA) is 69.5 Å². The smallest absolute Gasteiger partial charge is 0.175 e. The van der Waals surface area contributed by atoms with E-state index < -0.39 is 0 Å². The fourth-order valence-corrected chi connectivity index (χ4v) is 4.75. The summed E-state index contributed by atoms with van der Waals surface area (Å²) in [5, 5.41) is 11.2. The number of hydrogen-bond donors (Lipinski definition) is 1. The Morgan fingerprint density at radius 3 is 2.92 bits per heavy atom. The van der Waals surface area contributed by atoms with Crippen LogP contribution in [0, 0.1) is 25.2 Å². The van der Waals surface area contributed by atoms with E-state index in [0.29, 0.717) is 10.6 Å². The molecule has 0 saturated carbocycles. The molecule has 0 aliphatic heterocycles. The molecule has 2 heterocycles. The van der Waals surface area contributed by atoms with Gasteiger partial charge in [-0.05, 0) is 50.3 Å². The summed E-state index contributed by atoms with van der Waals surface area (Å²) < 4.78 is 0. The maximum atomic E-state index is 12.9. The molecule has 0 bridgehead atoms. The van der Waals surface area contributed by atoms with Gasteiger partial charge < -0.3 is 4.98 Å². The Balaban J connectivity index is 1.63. The molecule has 1 aliphatic carbocycles. The van der Waals surface area contributed by atoms with Crippen LogP contribution in [0.15, 0.2) is 29.3 Å². The third-order valence-corrected chi connectivity index (χ3v) is 6.07. The highest BCUT2D eigenvalue weighted by molar-refractivity contribution is 8.00. The zero-order chi connectivity index (χ0) is 18.3. The molecule has 26 heavy (non-hydrogen) atoms. The number of carbonyl (C=O) groups is 1. The van der Waals surface area contributed by atoms with Crippen molar-refractivity contribution in [2.75, 3.05) is 5.75 Å². The molecule has 3 aromatic rings. The summed E-state index contributed by atoms with van der Waals surface area (Å²) in [7, 11) is 0. The Morgan fingerprint density at radius 1 is 1.31 bits per heavy atom. The summed E-state index contributed by atoms with van der Waals surface area (Å²) in [5.74, 6) is 0.344. The zero-order valence-electron chi connectivity index (χ0n) is 14.8. The van der Waals surface area contributed by atoms with Crippen LogP contribution in [-0.2, 0) is 12.8 Å². The molecular formula is C21H19N3OS. The van der Waals surface area contributed by atoms with Gasteiger partial charge in [0, 0.05) is 27.9 Å². The highest BCUT2D eigenvalue weighted by Gasteiger charge is 2.22. The van der Waals surface area contributed by atoms with Gasteiger partial charge in [-0.1, -0.05) is 30.0 Å². The number of ketones is 1. The monoisotopic (exact) mass is 361 g/mol. The lowest BCUT2D eigenvalue weighted by Gasteiger charge is -2.10. The Morgan fingerprint density at radius 2 is 2.12 bits per heavy atom. The number of para-hydroxylation sites is 1. The number of nitrogens with zero attached hydrogens (tertiary/aromatic N) is 2. The number of carbonyl (C=O) groups excluding carboxylic acids is 1. The first-order valence-electron chi connectivity index (χ1n) is 8.76. The molecule has 5 heteroatoms. The van der Waals surface area contributed by atoms with Crippen molar-refractivity contribution in [3.05, 3.63) is 57.9 Å². The number of thioether (sulfide) groups is 1. The molecule has 0 atom stereocenters. The summed E-state index contributed by atoms with van der Waals surface area (Å²) in [6, 6.07) is 10.1. The lowest BCUT2D eigenvalue weighted by Crippen LogP contribution is -2.06. The van der Waals surface area contributed by atoms with Crippen molar-refractivity contribution in [2.45, 2.75) is 38.1 Å². The number of fused-ring (bicyclic) bond motifs is 2. The van der Waals surface area contributed by atoms with Crippen molar-refractivity contribution < 1.29 is 4.79 Å². The number of aryl methyl sites for hydroxylation is 2. The summed E-state index contributed by atoms with van der Waals surface area (Å²) in [5.41, 5.74) is 6.58. The summed E-state index contributed by atoms with van der Waals surface area (Å²) in [4.78, 5) is 20.9. The molecule has 1 N–H and O–H groups in total. The van der Waals surface area contributed by atoms with Crippen LogP contribution in [0.5, 0.6) is 0 Å². The third kappa shape index (κ3) is 2.71. The number of aromatic nitrogens is 2. The van der Waals surface area contributed by atoms with Gasteiger partial charge in [-0.3, -0.25) is 4.79 Å². The second-order valence-electron chi connectivity index (χ2n) is 6.69. The van der Waals surface area contributed by atoms with E-state index in [1.54, 1.807) is 0 Å². The third-order valence-electron chi connectivity index (χ3n) is 5.09. The average Bonchev–Trinajstić information content (AvgIpc) is 3.23. The number of nitrogens with one attached hydrogen (secondary N) is 1. The Labute approximate surface area is 156 Å². The van der Waals surface area contributed by atoms with Gasteiger partial charge in [0.25, 0.3) is 0 Å². The van der Waals surface area contributed by atoms with E-state index in [9.17, 15) is 10.1 Å². The quantitative estimate of drug-likeness (QED) is 0.548. The highest BCUT2D eigenvalue weighted by Crippen LogP contribution is 2.32. The first-order valence-corrected chi connectivity index (χ1v) is 9.74. The number of nitriles is 1. The van der Waals surface area contributed by atoms with Crippen LogP contribution in [0.4, 0.5) is 0 Å². The second kappa shape index (κ2) is 6.62. The number of aromatic amines is 1. The van der Waals surface area contributed by atoms with Crippen molar-refractivity contribution >= 4 is 28.4 Å². The van der Waals surface area contributed by atoms with Crippen LogP contribution in [0.1, 0.15) is 44.9 Å². The van der Waals surface area contributed by atoms with Gasteiger partial charge in [0.2, 0.25) is 0 Å². The standard InChI is InChI=1S/C21H19N3OS/c1-12-14-7-5-9-17(14)24-21(16(12)10-22)26-11-19(25)20-13(2)23-18-8-4-3-6-15(18)20/h3-4,6,8,23H,5,7,9,11H2,1-2H3. The van der Waals surface area contributed by atoms with E-state index in [1.165, 1.54) is 17.3 Å². The largest absolute Gasteiger partial charge is 0.358 e. The lowest BCUT2D eigenvalue weighted by atomic mass is 10.0. The average molecular weight is 361 g/mol. The van der Waals surface area contributed by atoms with Gasteiger partial charge in [-0.15, -0.1) is 0 Å². The molecule has 4 rings (SSSR count). The molecule has 0 radical (unpaired) electrons. The Bertz CT molecular complexity index is 1080.